The van der Waals surface area contributed by atoms with E-state index in [0.29, 0.717) is 0 Å². The molecular weight excluding hydrogens is 190 g/mol. The first-order valence-corrected chi connectivity index (χ1v) is 6.76. The average Bonchev–Trinajstić information content (AvgIpc) is 2.62. The second kappa shape index (κ2) is 6.73. The van der Waals surface area contributed by atoms with Crippen molar-refractivity contribution in [2.24, 2.45) is 5.92 Å². The normalized spacial score (nSPS) is 25.5. The van der Waals surface area contributed by atoms with Crippen molar-refractivity contribution >= 4 is 12.6 Å². The van der Waals surface area contributed by atoms with E-state index >= 15 is 0 Å². The zero-order valence-corrected chi connectivity index (χ0v) is 10.6. The molecule has 2 unspecified atom stereocenters. The van der Waals surface area contributed by atoms with Gasteiger partial charge in [-0.15, -0.1) is 0 Å². The fourth-order valence-electron chi connectivity index (χ4n) is 2.40. The summed E-state index contributed by atoms with van der Waals surface area (Å²) in [6.07, 6.45) is 6.81. The Balaban J connectivity index is 2.16. The van der Waals surface area contributed by atoms with Crippen molar-refractivity contribution in [1.82, 2.24) is 4.90 Å². The van der Waals surface area contributed by atoms with Crippen molar-refractivity contribution in [3.63, 3.8) is 0 Å². The molecule has 2 atom stereocenters. The van der Waals surface area contributed by atoms with Gasteiger partial charge in [-0.2, -0.15) is 12.6 Å². The molecule has 1 saturated heterocycles. The molecule has 1 rings (SSSR count). The molecule has 1 heterocycles. The van der Waals surface area contributed by atoms with Gasteiger partial charge in [0.1, 0.15) is 0 Å². The highest BCUT2D eigenvalue weighted by atomic mass is 32.1. The summed E-state index contributed by atoms with van der Waals surface area (Å²) < 4.78 is 0. The number of rotatable bonds is 6. The van der Waals surface area contributed by atoms with Crippen molar-refractivity contribution in [3.8, 4) is 0 Å². The minimum atomic E-state index is 0.852. The Morgan fingerprint density at radius 1 is 1.43 bits per heavy atom. The molecule has 0 aromatic heterocycles. The van der Waals surface area contributed by atoms with Gasteiger partial charge in [-0.05, 0) is 56.9 Å². The van der Waals surface area contributed by atoms with Crippen LogP contribution in [0.3, 0.4) is 0 Å². The molecule has 0 aromatic rings. The standard InChI is InChI=1S/C12H25NS/c1-3-12-5-4-8-13(12)9-6-11(2)7-10-14/h11-12,14H,3-10H2,1-2H3. The first-order chi connectivity index (χ1) is 6.77. The molecule has 0 aromatic carbocycles. The van der Waals surface area contributed by atoms with E-state index in [1.165, 1.54) is 45.2 Å². The van der Waals surface area contributed by atoms with Gasteiger partial charge in [0.2, 0.25) is 0 Å². The third kappa shape index (κ3) is 3.82. The molecule has 0 N–H and O–H groups in total. The van der Waals surface area contributed by atoms with Crippen LogP contribution in [0.1, 0.15) is 46.0 Å². The maximum absolute atomic E-state index is 4.29. The Hall–Kier alpha value is 0.310. The van der Waals surface area contributed by atoms with E-state index in [4.69, 9.17) is 0 Å². The summed E-state index contributed by atoms with van der Waals surface area (Å²) in [5, 5.41) is 0. The lowest BCUT2D eigenvalue weighted by molar-refractivity contribution is 0.231. The van der Waals surface area contributed by atoms with Crippen molar-refractivity contribution in [2.45, 2.75) is 52.0 Å². The van der Waals surface area contributed by atoms with Crippen LogP contribution >= 0.6 is 12.6 Å². The van der Waals surface area contributed by atoms with Crippen molar-refractivity contribution in [3.05, 3.63) is 0 Å². The second-order valence-corrected chi connectivity index (χ2v) is 5.09. The summed E-state index contributed by atoms with van der Waals surface area (Å²) in [5.41, 5.74) is 0. The Morgan fingerprint density at radius 3 is 2.86 bits per heavy atom. The van der Waals surface area contributed by atoms with E-state index in [1.54, 1.807) is 0 Å². The lowest BCUT2D eigenvalue weighted by Crippen LogP contribution is -2.30. The highest BCUT2D eigenvalue weighted by Crippen LogP contribution is 2.21. The first kappa shape index (κ1) is 12.4. The SMILES string of the molecule is CCC1CCCN1CCC(C)CCS. The molecule has 2 heteroatoms. The molecule has 0 saturated carbocycles. The highest BCUT2D eigenvalue weighted by molar-refractivity contribution is 7.80. The zero-order valence-electron chi connectivity index (χ0n) is 9.71. The first-order valence-electron chi connectivity index (χ1n) is 6.12. The molecule has 0 spiro atoms. The molecule has 1 fully saturated rings. The fourth-order valence-corrected chi connectivity index (χ4v) is 2.84. The Morgan fingerprint density at radius 2 is 2.21 bits per heavy atom. The topological polar surface area (TPSA) is 3.24 Å². The van der Waals surface area contributed by atoms with Crippen LogP contribution in [0.4, 0.5) is 0 Å². The molecule has 84 valence electrons. The van der Waals surface area contributed by atoms with Crippen molar-refractivity contribution < 1.29 is 0 Å². The molecule has 0 amide bonds. The molecule has 1 aliphatic rings. The summed E-state index contributed by atoms with van der Waals surface area (Å²) in [6.45, 7) is 7.33. The number of hydrogen-bond acceptors (Lipinski definition) is 2. The zero-order chi connectivity index (χ0) is 10.4. The van der Waals surface area contributed by atoms with Gasteiger partial charge in [0.25, 0.3) is 0 Å². The smallest absolute Gasteiger partial charge is 0.00931 e. The predicted molar refractivity (Wildman–Crippen MR) is 67.1 cm³/mol. The van der Waals surface area contributed by atoms with Crippen LogP contribution in [0, 0.1) is 5.92 Å². The molecule has 1 aliphatic heterocycles. The third-order valence-corrected chi connectivity index (χ3v) is 3.76. The summed E-state index contributed by atoms with van der Waals surface area (Å²) in [6, 6.07) is 0.887. The number of nitrogens with zero attached hydrogens (tertiary/aromatic N) is 1. The lowest BCUT2D eigenvalue weighted by Gasteiger charge is -2.24. The average molecular weight is 215 g/mol. The fraction of sp³-hybridized carbons (Fsp3) is 1.00. The highest BCUT2D eigenvalue weighted by Gasteiger charge is 2.22. The molecule has 1 nitrogen and oxygen atoms in total. The van der Waals surface area contributed by atoms with Gasteiger partial charge in [-0.1, -0.05) is 13.8 Å². The number of thiol groups is 1. The van der Waals surface area contributed by atoms with Gasteiger partial charge >= 0.3 is 0 Å². The van der Waals surface area contributed by atoms with E-state index in [-0.39, 0.29) is 0 Å². The summed E-state index contributed by atoms with van der Waals surface area (Å²) in [5.74, 6) is 1.89. The predicted octanol–water partition coefficient (Wildman–Crippen LogP) is 3.21. The van der Waals surface area contributed by atoms with Crippen LogP contribution in [-0.4, -0.2) is 29.8 Å². The van der Waals surface area contributed by atoms with E-state index in [1.807, 2.05) is 0 Å². The van der Waals surface area contributed by atoms with Crippen molar-refractivity contribution in [2.75, 3.05) is 18.8 Å². The third-order valence-electron chi connectivity index (χ3n) is 3.50. The molecule has 0 radical (unpaired) electrons. The summed E-state index contributed by atoms with van der Waals surface area (Å²) in [7, 11) is 0. The lowest BCUT2D eigenvalue weighted by atomic mass is 10.0. The Labute approximate surface area is 94.7 Å². The summed E-state index contributed by atoms with van der Waals surface area (Å²) >= 11 is 4.29. The molecule has 14 heavy (non-hydrogen) atoms. The van der Waals surface area contributed by atoms with Gasteiger partial charge in [-0.3, -0.25) is 0 Å². The maximum atomic E-state index is 4.29. The van der Waals surface area contributed by atoms with Gasteiger partial charge in [-0.25, -0.2) is 0 Å². The number of likely N-dealkylation sites (tertiary alicyclic amines) is 1. The van der Waals surface area contributed by atoms with Gasteiger partial charge in [0.05, 0.1) is 0 Å². The molecule has 0 aliphatic carbocycles. The van der Waals surface area contributed by atoms with Crippen LogP contribution in [0.5, 0.6) is 0 Å². The second-order valence-electron chi connectivity index (χ2n) is 4.65. The van der Waals surface area contributed by atoms with Gasteiger partial charge in [0, 0.05) is 6.04 Å². The van der Waals surface area contributed by atoms with Crippen molar-refractivity contribution in [1.29, 1.82) is 0 Å². The van der Waals surface area contributed by atoms with E-state index in [2.05, 4.69) is 31.4 Å². The quantitative estimate of drug-likeness (QED) is 0.666. The minimum Gasteiger partial charge on any atom is -0.300 e. The van der Waals surface area contributed by atoms with E-state index < -0.39 is 0 Å². The van der Waals surface area contributed by atoms with Gasteiger partial charge in [0.15, 0.2) is 0 Å². The number of hydrogen-bond donors (Lipinski definition) is 1. The van der Waals surface area contributed by atoms with Crippen LogP contribution in [0.15, 0.2) is 0 Å². The van der Waals surface area contributed by atoms with E-state index in [9.17, 15) is 0 Å². The summed E-state index contributed by atoms with van der Waals surface area (Å²) in [4.78, 5) is 2.69. The Kier molecular flexibility index (Phi) is 5.95. The minimum absolute atomic E-state index is 0.852. The van der Waals surface area contributed by atoms with Crippen LogP contribution in [0.2, 0.25) is 0 Å². The monoisotopic (exact) mass is 215 g/mol. The van der Waals surface area contributed by atoms with E-state index in [0.717, 1.165) is 17.7 Å². The Bertz CT molecular complexity index is 149. The van der Waals surface area contributed by atoms with Crippen LogP contribution < -0.4 is 0 Å². The van der Waals surface area contributed by atoms with Gasteiger partial charge < -0.3 is 4.90 Å². The van der Waals surface area contributed by atoms with Crippen LogP contribution in [0.25, 0.3) is 0 Å². The largest absolute Gasteiger partial charge is 0.300 e. The molecule has 0 bridgehead atoms. The van der Waals surface area contributed by atoms with Crippen LogP contribution in [-0.2, 0) is 0 Å². The maximum Gasteiger partial charge on any atom is 0.00931 e. The molecular formula is C12H25NS.